The summed E-state index contributed by atoms with van der Waals surface area (Å²) >= 11 is 0. The topological polar surface area (TPSA) is 43.8 Å². The number of nitrogen functional groups attached to an aromatic ring is 1. The summed E-state index contributed by atoms with van der Waals surface area (Å²) in [5.41, 5.74) is 11.6. The third kappa shape index (κ3) is 2.07. The number of rotatable bonds is 2. The Morgan fingerprint density at radius 2 is 1.55 bits per heavy atom. The number of nitrogens with two attached hydrogens (primary N) is 1. The number of aryl methyl sites for hydroxylation is 2. The molecule has 100 valence electrons. The van der Waals surface area contributed by atoms with Gasteiger partial charge in [-0.3, -0.25) is 0 Å². The lowest BCUT2D eigenvalue weighted by Crippen LogP contribution is -2.01. The quantitative estimate of drug-likeness (QED) is 0.765. The third-order valence-corrected chi connectivity index (χ3v) is 3.47. The first kappa shape index (κ1) is 12.5. The fraction of sp³-hybridized carbons (Fsp3) is 0.118. The first-order valence-electron chi connectivity index (χ1n) is 6.64. The van der Waals surface area contributed by atoms with Crippen LogP contribution in [-0.2, 0) is 0 Å². The van der Waals surface area contributed by atoms with Gasteiger partial charge in [-0.1, -0.05) is 36.4 Å². The van der Waals surface area contributed by atoms with Gasteiger partial charge in [0.25, 0.3) is 0 Å². The Bertz CT molecular complexity index is 722. The maximum Gasteiger partial charge on any atom is 0.127 e. The lowest BCUT2D eigenvalue weighted by molar-refractivity contribution is 0.894. The fourth-order valence-electron chi connectivity index (χ4n) is 2.51. The van der Waals surface area contributed by atoms with E-state index in [0.29, 0.717) is 5.82 Å². The molecule has 1 heterocycles. The van der Waals surface area contributed by atoms with Crippen molar-refractivity contribution in [2.24, 2.45) is 0 Å². The molecule has 1 aromatic heterocycles. The Hall–Kier alpha value is -2.55. The molecule has 20 heavy (non-hydrogen) atoms. The number of nitrogens with zero attached hydrogens (tertiary/aromatic N) is 2. The Kier molecular flexibility index (Phi) is 3.03. The van der Waals surface area contributed by atoms with E-state index in [1.54, 1.807) is 4.68 Å². The molecule has 0 aliphatic rings. The van der Waals surface area contributed by atoms with Crippen molar-refractivity contribution in [3.8, 4) is 16.9 Å². The summed E-state index contributed by atoms with van der Waals surface area (Å²) in [7, 11) is 0. The molecule has 2 N–H and O–H groups in total. The van der Waals surface area contributed by atoms with Crippen LogP contribution in [0.15, 0.2) is 54.6 Å². The highest BCUT2D eigenvalue weighted by Crippen LogP contribution is 2.28. The van der Waals surface area contributed by atoms with Crippen LogP contribution in [-0.4, -0.2) is 9.78 Å². The molecule has 0 aliphatic heterocycles. The second-order valence-corrected chi connectivity index (χ2v) is 4.97. The number of hydrogen-bond donors (Lipinski definition) is 1. The van der Waals surface area contributed by atoms with Crippen molar-refractivity contribution in [3.05, 3.63) is 65.7 Å². The van der Waals surface area contributed by atoms with Gasteiger partial charge in [0.2, 0.25) is 0 Å². The Morgan fingerprint density at radius 1 is 0.900 bits per heavy atom. The maximum atomic E-state index is 6.11. The fourth-order valence-corrected chi connectivity index (χ4v) is 2.51. The molecule has 0 aliphatic carbocycles. The van der Waals surface area contributed by atoms with E-state index in [4.69, 9.17) is 5.73 Å². The number of aromatic nitrogens is 2. The van der Waals surface area contributed by atoms with Gasteiger partial charge in [-0.2, -0.15) is 5.10 Å². The molecule has 3 rings (SSSR count). The maximum absolute atomic E-state index is 6.11. The minimum Gasteiger partial charge on any atom is -0.384 e. The average Bonchev–Trinajstić information content (AvgIpc) is 2.81. The summed E-state index contributed by atoms with van der Waals surface area (Å²) in [5.74, 6) is 0.647. The molecule has 3 aromatic rings. The molecule has 3 nitrogen and oxygen atoms in total. The van der Waals surface area contributed by atoms with Gasteiger partial charge < -0.3 is 5.73 Å². The van der Waals surface area contributed by atoms with Crippen molar-refractivity contribution in [1.82, 2.24) is 9.78 Å². The molecule has 0 bridgehead atoms. The zero-order valence-corrected chi connectivity index (χ0v) is 11.7. The Labute approximate surface area is 118 Å². The van der Waals surface area contributed by atoms with Crippen molar-refractivity contribution >= 4 is 5.82 Å². The molecule has 0 spiro atoms. The summed E-state index contributed by atoms with van der Waals surface area (Å²) in [6, 6.07) is 18.1. The second-order valence-electron chi connectivity index (χ2n) is 4.97. The summed E-state index contributed by atoms with van der Waals surface area (Å²) < 4.78 is 1.78. The second kappa shape index (κ2) is 4.85. The third-order valence-electron chi connectivity index (χ3n) is 3.47. The number of hydrogen-bond acceptors (Lipinski definition) is 2. The van der Waals surface area contributed by atoms with Crippen LogP contribution in [0.25, 0.3) is 16.9 Å². The first-order chi connectivity index (χ1) is 9.66. The van der Waals surface area contributed by atoms with Gasteiger partial charge in [0.15, 0.2) is 0 Å². The SMILES string of the molecule is Cc1cccc(C)c1-c1cc(N)n(-c2ccccc2)n1. The smallest absolute Gasteiger partial charge is 0.127 e. The molecule has 0 unspecified atom stereocenters. The van der Waals surface area contributed by atoms with Gasteiger partial charge in [-0.25, -0.2) is 4.68 Å². The zero-order valence-electron chi connectivity index (χ0n) is 11.7. The normalized spacial score (nSPS) is 10.7. The lowest BCUT2D eigenvalue weighted by Gasteiger charge is -2.06. The van der Waals surface area contributed by atoms with Crippen LogP contribution in [0.5, 0.6) is 0 Å². The summed E-state index contributed by atoms with van der Waals surface area (Å²) in [4.78, 5) is 0. The molecule has 3 heteroatoms. The van der Waals surface area contributed by atoms with E-state index in [-0.39, 0.29) is 0 Å². The van der Waals surface area contributed by atoms with Crippen LogP contribution >= 0.6 is 0 Å². The average molecular weight is 263 g/mol. The van der Waals surface area contributed by atoms with Gasteiger partial charge in [0.1, 0.15) is 5.82 Å². The van der Waals surface area contributed by atoms with Crippen LogP contribution in [0.4, 0.5) is 5.82 Å². The summed E-state index contributed by atoms with van der Waals surface area (Å²) in [6.45, 7) is 4.19. The molecule has 0 fully saturated rings. The molecular weight excluding hydrogens is 246 g/mol. The first-order valence-corrected chi connectivity index (χ1v) is 6.64. The molecular formula is C17H17N3. The number of anilines is 1. The highest BCUT2D eigenvalue weighted by molar-refractivity contribution is 5.70. The van der Waals surface area contributed by atoms with Crippen LogP contribution in [0.3, 0.4) is 0 Å². The molecule has 0 atom stereocenters. The van der Waals surface area contributed by atoms with Crippen molar-refractivity contribution in [2.75, 3.05) is 5.73 Å². The monoisotopic (exact) mass is 263 g/mol. The van der Waals surface area contributed by atoms with Gasteiger partial charge in [0.05, 0.1) is 11.4 Å². The van der Waals surface area contributed by atoms with Gasteiger partial charge >= 0.3 is 0 Å². The molecule has 0 saturated heterocycles. The van der Waals surface area contributed by atoms with Crippen molar-refractivity contribution < 1.29 is 0 Å². The predicted octanol–water partition coefficient (Wildman–Crippen LogP) is 3.74. The molecule has 0 amide bonds. The van der Waals surface area contributed by atoms with Gasteiger partial charge in [-0.05, 0) is 37.1 Å². The van der Waals surface area contributed by atoms with E-state index < -0.39 is 0 Å². The van der Waals surface area contributed by atoms with E-state index in [1.165, 1.54) is 11.1 Å². The van der Waals surface area contributed by atoms with E-state index >= 15 is 0 Å². The van der Waals surface area contributed by atoms with Crippen molar-refractivity contribution in [1.29, 1.82) is 0 Å². The van der Waals surface area contributed by atoms with E-state index in [9.17, 15) is 0 Å². The highest BCUT2D eigenvalue weighted by Gasteiger charge is 2.12. The van der Waals surface area contributed by atoms with Gasteiger partial charge in [-0.15, -0.1) is 0 Å². The molecule has 0 saturated carbocycles. The van der Waals surface area contributed by atoms with Crippen LogP contribution in [0, 0.1) is 13.8 Å². The Balaban J connectivity index is 2.15. The minimum atomic E-state index is 0.647. The molecule has 0 radical (unpaired) electrons. The van der Waals surface area contributed by atoms with E-state index in [1.807, 2.05) is 36.4 Å². The van der Waals surface area contributed by atoms with Crippen molar-refractivity contribution in [2.45, 2.75) is 13.8 Å². The predicted molar refractivity (Wildman–Crippen MR) is 82.9 cm³/mol. The van der Waals surface area contributed by atoms with Crippen LogP contribution in [0.2, 0.25) is 0 Å². The Morgan fingerprint density at radius 3 is 2.20 bits per heavy atom. The van der Waals surface area contributed by atoms with Gasteiger partial charge in [0, 0.05) is 11.6 Å². The number of para-hydroxylation sites is 1. The number of benzene rings is 2. The standard InChI is InChI=1S/C17H17N3/c1-12-7-6-8-13(2)17(12)15-11-16(18)20(19-15)14-9-4-3-5-10-14/h3-11H,18H2,1-2H3. The van der Waals surface area contributed by atoms with Crippen LogP contribution < -0.4 is 5.73 Å². The summed E-state index contributed by atoms with van der Waals surface area (Å²) in [5, 5.41) is 4.66. The lowest BCUT2D eigenvalue weighted by atomic mass is 10.0. The van der Waals surface area contributed by atoms with Crippen molar-refractivity contribution in [3.63, 3.8) is 0 Å². The summed E-state index contributed by atoms with van der Waals surface area (Å²) in [6.07, 6.45) is 0. The van der Waals surface area contributed by atoms with Crippen LogP contribution in [0.1, 0.15) is 11.1 Å². The molecule has 2 aromatic carbocycles. The van der Waals surface area contributed by atoms with E-state index in [2.05, 4.69) is 37.1 Å². The van der Waals surface area contributed by atoms with E-state index in [0.717, 1.165) is 16.9 Å². The minimum absolute atomic E-state index is 0.647. The highest BCUT2D eigenvalue weighted by atomic mass is 15.3. The zero-order chi connectivity index (χ0) is 14.1. The largest absolute Gasteiger partial charge is 0.384 e.